The molecule has 2 aromatic rings. The molecule has 0 bridgehead atoms. The van der Waals surface area contributed by atoms with Crippen molar-refractivity contribution in [2.45, 2.75) is 19.6 Å². The van der Waals surface area contributed by atoms with Crippen LogP contribution < -0.4 is 5.32 Å². The van der Waals surface area contributed by atoms with E-state index in [1.165, 1.54) is 0 Å². The minimum absolute atomic E-state index is 0.0800. The number of nitrogens with one attached hydrogen (secondary N) is 1. The van der Waals surface area contributed by atoms with Crippen LogP contribution in [0, 0.1) is 6.92 Å². The number of alkyl carbamates (subject to hydrolysis) is 1. The first kappa shape index (κ1) is 17.0. The molecule has 0 fully saturated rings. The van der Waals surface area contributed by atoms with Crippen molar-refractivity contribution in [3.05, 3.63) is 69.7 Å². The topological polar surface area (TPSA) is 75.6 Å². The number of carboxylic acids is 1. The molecule has 2 N–H and O–H groups in total. The van der Waals surface area contributed by atoms with Crippen LogP contribution in [-0.4, -0.2) is 17.2 Å². The number of carbonyl (C=O) groups excluding carboxylic acids is 1. The molecule has 2 rings (SSSR count). The van der Waals surface area contributed by atoms with Crippen molar-refractivity contribution in [1.82, 2.24) is 5.32 Å². The van der Waals surface area contributed by atoms with Gasteiger partial charge in [0, 0.05) is 4.47 Å². The second-order valence-corrected chi connectivity index (χ2v) is 5.84. The van der Waals surface area contributed by atoms with E-state index in [9.17, 15) is 14.7 Å². The molecule has 2 aromatic carbocycles. The molecular weight excluding hydrogens is 362 g/mol. The number of aliphatic carboxylic acids is 1. The van der Waals surface area contributed by atoms with Crippen molar-refractivity contribution in [2.24, 2.45) is 0 Å². The van der Waals surface area contributed by atoms with E-state index in [0.29, 0.717) is 5.56 Å². The average molecular weight is 378 g/mol. The summed E-state index contributed by atoms with van der Waals surface area (Å²) in [5, 5.41) is 11.7. The summed E-state index contributed by atoms with van der Waals surface area (Å²) < 4.78 is 5.84. The molecule has 1 atom stereocenters. The third kappa shape index (κ3) is 4.82. The van der Waals surface area contributed by atoms with E-state index >= 15 is 0 Å². The maximum absolute atomic E-state index is 11.8. The first-order valence-electron chi connectivity index (χ1n) is 6.93. The van der Waals surface area contributed by atoms with Crippen LogP contribution in [0.2, 0.25) is 0 Å². The van der Waals surface area contributed by atoms with Crippen LogP contribution in [0.25, 0.3) is 0 Å². The number of aryl methyl sites for hydroxylation is 1. The Bertz CT molecular complexity index is 703. The number of hydrogen-bond acceptors (Lipinski definition) is 3. The Kier molecular flexibility index (Phi) is 5.76. The fourth-order valence-electron chi connectivity index (χ4n) is 1.96. The number of halogens is 1. The molecule has 1 amide bonds. The second kappa shape index (κ2) is 7.78. The Balaban J connectivity index is 2.02. The maximum atomic E-state index is 11.8. The van der Waals surface area contributed by atoms with Crippen LogP contribution in [0.1, 0.15) is 22.7 Å². The van der Waals surface area contributed by atoms with Crippen LogP contribution in [-0.2, 0) is 16.1 Å². The lowest BCUT2D eigenvalue weighted by Crippen LogP contribution is -2.34. The van der Waals surface area contributed by atoms with Crippen LogP contribution >= 0.6 is 15.9 Å². The smallest absolute Gasteiger partial charge is 0.408 e. The van der Waals surface area contributed by atoms with Gasteiger partial charge in [-0.3, -0.25) is 0 Å². The summed E-state index contributed by atoms with van der Waals surface area (Å²) in [6, 6.07) is 13.1. The predicted octanol–water partition coefficient (Wildman–Crippen LogP) is 3.81. The Labute approximate surface area is 142 Å². The van der Waals surface area contributed by atoms with E-state index < -0.39 is 18.1 Å². The molecule has 5 nitrogen and oxygen atoms in total. The third-order valence-corrected chi connectivity index (χ3v) is 4.11. The highest BCUT2D eigenvalue weighted by Gasteiger charge is 2.23. The zero-order valence-electron chi connectivity index (χ0n) is 12.5. The third-order valence-electron chi connectivity index (χ3n) is 3.25. The van der Waals surface area contributed by atoms with Gasteiger partial charge in [0.15, 0.2) is 6.04 Å². The van der Waals surface area contributed by atoms with E-state index in [-0.39, 0.29) is 6.61 Å². The number of rotatable bonds is 5. The minimum atomic E-state index is -1.17. The highest BCUT2D eigenvalue weighted by Crippen LogP contribution is 2.22. The predicted molar refractivity (Wildman–Crippen MR) is 89.0 cm³/mol. The van der Waals surface area contributed by atoms with E-state index in [4.69, 9.17) is 4.74 Å². The highest BCUT2D eigenvalue weighted by molar-refractivity contribution is 9.10. The summed E-state index contributed by atoms with van der Waals surface area (Å²) in [4.78, 5) is 23.3. The fraction of sp³-hybridized carbons (Fsp3) is 0.176. The molecule has 0 saturated carbocycles. The second-order valence-electron chi connectivity index (χ2n) is 4.99. The van der Waals surface area contributed by atoms with Gasteiger partial charge in [0.1, 0.15) is 6.61 Å². The average Bonchev–Trinajstić information content (AvgIpc) is 2.54. The Morgan fingerprint density at radius 3 is 2.52 bits per heavy atom. The quantitative estimate of drug-likeness (QED) is 0.830. The number of benzene rings is 2. The van der Waals surface area contributed by atoms with Crippen molar-refractivity contribution >= 4 is 28.0 Å². The van der Waals surface area contributed by atoms with Crippen LogP contribution in [0.3, 0.4) is 0 Å². The van der Waals surface area contributed by atoms with Gasteiger partial charge < -0.3 is 15.2 Å². The Morgan fingerprint density at radius 1 is 1.22 bits per heavy atom. The van der Waals surface area contributed by atoms with Crippen LogP contribution in [0.15, 0.2) is 53.0 Å². The molecule has 6 heteroatoms. The lowest BCUT2D eigenvalue weighted by molar-refractivity contribution is -0.139. The van der Waals surface area contributed by atoms with Crippen molar-refractivity contribution in [2.75, 3.05) is 0 Å². The van der Waals surface area contributed by atoms with E-state index in [2.05, 4.69) is 21.2 Å². The van der Waals surface area contributed by atoms with Gasteiger partial charge in [-0.15, -0.1) is 0 Å². The molecule has 120 valence electrons. The van der Waals surface area contributed by atoms with E-state index in [1.807, 2.05) is 37.3 Å². The number of amides is 1. The number of hydrogen-bond donors (Lipinski definition) is 2. The summed E-state index contributed by atoms with van der Waals surface area (Å²) in [5.74, 6) is -1.16. The lowest BCUT2D eigenvalue weighted by atomic mass is 10.1. The Morgan fingerprint density at radius 2 is 1.91 bits per heavy atom. The summed E-state index contributed by atoms with van der Waals surface area (Å²) >= 11 is 3.35. The van der Waals surface area contributed by atoms with Gasteiger partial charge in [0.2, 0.25) is 0 Å². The van der Waals surface area contributed by atoms with Crippen LogP contribution in [0.4, 0.5) is 4.79 Å². The van der Waals surface area contributed by atoms with Gasteiger partial charge >= 0.3 is 12.1 Å². The molecule has 0 aliphatic heterocycles. The standard InChI is InChI=1S/C17H16BrNO4/c1-11-7-8-13(9-14(11)18)15(16(20)21)19-17(22)23-10-12-5-3-2-4-6-12/h2-9,15H,10H2,1H3,(H,19,22)(H,20,21). The molecule has 0 radical (unpaired) electrons. The van der Waals surface area contributed by atoms with Gasteiger partial charge in [-0.05, 0) is 29.7 Å². The van der Waals surface area contributed by atoms with Crippen molar-refractivity contribution in [3.8, 4) is 0 Å². The zero-order valence-corrected chi connectivity index (χ0v) is 14.0. The monoisotopic (exact) mass is 377 g/mol. The van der Waals surface area contributed by atoms with Gasteiger partial charge in [-0.1, -0.05) is 58.4 Å². The maximum Gasteiger partial charge on any atom is 0.408 e. The van der Waals surface area contributed by atoms with Gasteiger partial charge in [-0.25, -0.2) is 9.59 Å². The van der Waals surface area contributed by atoms with Gasteiger partial charge in [0.25, 0.3) is 0 Å². The van der Waals surface area contributed by atoms with Crippen molar-refractivity contribution in [1.29, 1.82) is 0 Å². The summed E-state index contributed by atoms with van der Waals surface area (Å²) in [7, 11) is 0. The Hall–Kier alpha value is -2.34. The molecule has 0 aliphatic carbocycles. The minimum Gasteiger partial charge on any atom is -0.479 e. The molecule has 23 heavy (non-hydrogen) atoms. The van der Waals surface area contributed by atoms with E-state index in [1.54, 1.807) is 18.2 Å². The van der Waals surface area contributed by atoms with Crippen LogP contribution in [0.5, 0.6) is 0 Å². The van der Waals surface area contributed by atoms with Gasteiger partial charge in [0.05, 0.1) is 0 Å². The first-order valence-corrected chi connectivity index (χ1v) is 7.72. The largest absolute Gasteiger partial charge is 0.479 e. The van der Waals surface area contributed by atoms with E-state index in [0.717, 1.165) is 15.6 Å². The first-order chi connectivity index (χ1) is 11.0. The summed E-state index contributed by atoms with van der Waals surface area (Å²) in [6.45, 7) is 1.97. The SMILES string of the molecule is Cc1ccc(C(NC(=O)OCc2ccccc2)C(=O)O)cc1Br. The molecule has 0 aromatic heterocycles. The van der Waals surface area contributed by atoms with Crippen molar-refractivity contribution in [3.63, 3.8) is 0 Å². The lowest BCUT2D eigenvalue weighted by Gasteiger charge is -2.16. The number of carboxylic acid groups (broad SMARTS) is 1. The number of ether oxygens (including phenoxy) is 1. The summed E-state index contributed by atoms with van der Waals surface area (Å²) in [6.07, 6.45) is -0.780. The van der Waals surface area contributed by atoms with Crippen molar-refractivity contribution < 1.29 is 19.4 Å². The highest BCUT2D eigenvalue weighted by atomic mass is 79.9. The van der Waals surface area contributed by atoms with Gasteiger partial charge in [-0.2, -0.15) is 0 Å². The molecule has 1 unspecified atom stereocenters. The molecule has 0 spiro atoms. The normalized spacial score (nSPS) is 11.6. The molecule has 0 heterocycles. The molecular formula is C17H16BrNO4. The molecule has 0 saturated heterocycles. The summed E-state index contributed by atoms with van der Waals surface area (Å²) in [5.41, 5.74) is 2.27. The fourth-order valence-corrected chi connectivity index (χ4v) is 2.36. The molecule has 0 aliphatic rings. The zero-order chi connectivity index (χ0) is 16.8. The number of carbonyl (C=O) groups is 2.